The number of rotatable bonds is 7. The van der Waals surface area contributed by atoms with Gasteiger partial charge in [0, 0.05) is 39.9 Å². The van der Waals surface area contributed by atoms with Crippen molar-refractivity contribution in [3.63, 3.8) is 0 Å². The Morgan fingerprint density at radius 2 is 1.69 bits per heavy atom. The van der Waals surface area contributed by atoms with Crippen LogP contribution in [0.2, 0.25) is 0 Å². The molecule has 0 aliphatic carbocycles. The molecule has 0 saturated carbocycles. The molecule has 1 aromatic heterocycles. The molecule has 0 aliphatic heterocycles. The van der Waals surface area contributed by atoms with E-state index in [2.05, 4.69) is 5.32 Å². The quantitative estimate of drug-likeness (QED) is 0.288. The van der Waals surface area contributed by atoms with Crippen LogP contribution in [-0.2, 0) is 4.79 Å². The number of aryl methyl sites for hydroxylation is 1. The zero-order valence-electron chi connectivity index (χ0n) is 20.5. The van der Waals surface area contributed by atoms with Gasteiger partial charge in [-0.2, -0.15) is 0 Å². The molecular weight excluding hydrogens is 468 g/mol. The number of amides is 1. The first kappa shape index (κ1) is 24.8. The Morgan fingerprint density at radius 3 is 2.36 bits per heavy atom. The lowest BCUT2D eigenvalue weighted by atomic mass is 9.96. The van der Waals surface area contributed by atoms with Gasteiger partial charge in [0.2, 0.25) is 5.91 Å². The molecule has 8 heteroatoms. The number of anilines is 1. The number of benzene rings is 3. The van der Waals surface area contributed by atoms with E-state index in [1.807, 2.05) is 31.2 Å². The predicted molar refractivity (Wildman–Crippen MR) is 135 cm³/mol. The van der Waals surface area contributed by atoms with Crippen LogP contribution in [0, 0.1) is 18.6 Å². The van der Waals surface area contributed by atoms with Crippen molar-refractivity contribution in [1.29, 1.82) is 0 Å². The van der Waals surface area contributed by atoms with E-state index >= 15 is 0 Å². The molecule has 0 atom stereocenters. The van der Waals surface area contributed by atoms with Gasteiger partial charge < -0.3 is 23.9 Å². The zero-order valence-corrected chi connectivity index (χ0v) is 20.5. The molecule has 1 amide bonds. The molecule has 0 saturated heterocycles. The number of hydrogen-bond donors (Lipinski definition) is 1. The number of allylic oxidation sites excluding steroid dienone is 1. The standard InChI is InChI=1S/C28H25F2NO5/c1-15(10-26(32)31-18-7-8-22(29)23(30)12-18)19-13-20-21(14-36-28(20)16(2)27(19)35-5)17-6-9-24(33-3)25(11-17)34-4/h6-14H,1-5H3,(H,31,32)/b15-10+. The number of halogens is 2. The molecule has 4 aromatic rings. The first-order valence-corrected chi connectivity index (χ1v) is 11.0. The summed E-state index contributed by atoms with van der Waals surface area (Å²) in [5.74, 6) is -0.772. The highest BCUT2D eigenvalue weighted by Gasteiger charge is 2.20. The second kappa shape index (κ2) is 10.1. The van der Waals surface area contributed by atoms with Crippen LogP contribution in [-0.4, -0.2) is 27.2 Å². The number of methoxy groups -OCH3 is 3. The van der Waals surface area contributed by atoms with E-state index in [0.717, 1.165) is 34.2 Å². The van der Waals surface area contributed by atoms with Crippen LogP contribution in [0.15, 0.2) is 59.2 Å². The van der Waals surface area contributed by atoms with Crippen LogP contribution in [0.3, 0.4) is 0 Å². The number of carbonyl (C=O) groups excluding carboxylic acids is 1. The van der Waals surface area contributed by atoms with Crippen LogP contribution in [0.5, 0.6) is 17.2 Å². The summed E-state index contributed by atoms with van der Waals surface area (Å²) < 4.78 is 49.0. The van der Waals surface area contributed by atoms with Crippen molar-refractivity contribution in [2.45, 2.75) is 13.8 Å². The van der Waals surface area contributed by atoms with Crippen molar-refractivity contribution >= 4 is 28.1 Å². The van der Waals surface area contributed by atoms with Crippen molar-refractivity contribution in [3.05, 3.63) is 77.6 Å². The highest BCUT2D eigenvalue weighted by atomic mass is 19.2. The van der Waals surface area contributed by atoms with Crippen LogP contribution >= 0.6 is 0 Å². The first-order chi connectivity index (χ1) is 17.3. The minimum Gasteiger partial charge on any atom is -0.496 e. The number of fused-ring (bicyclic) bond motifs is 1. The summed E-state index contributed by atoms with van der Waals surface area (Å²) in [6.45, 7) is 3.64. The Kier molecular flexibility index (Phi) is 6.96. The molecule has 3 aromatic carbocycles. The van der Waals surface area contributed by atoms with Crippen molar-refractivity contribution < 1.29 is 32.2 Å². The lowest BCUT2D eigenvalue weighted by Gasteiger charge is -2.14. The van der Waals surface area contributed by atoms with Gasteiger partial charge in [-0.1, -0.05) is 6.07 Å². The van der Waals surface area contributed by atoms with Gasteiger partial charge in [-0.15, -0.1) is 0 Å². The molecule has 0 spiro atoms. The zero-order chi connectivity index (χ0) is 26.0. The van der Waals surface area contributed by atoms with E-state index in [-0.39, 0.29) is 5.69 Å². The number of nitrogens with one attached hydrogen (secondary N) is 1. The summed E-state index contributed by atoms with van der Waals surface area (Å²) in [7, 11) is 4.69. The van der Waals surface area contributed by atoms with E-state index in [0.29, 0.717) is 34.0 Å². The molecule has 4 rings (SSSR count). The molecular formula is C28H25F2NO5. The van der Waals surface area contributed by atoms with Crippen molar-refractivity contribution in [1.82, 2.24) is 0 Å². The topological polar surface area (TPSA) is 69.9 Å². The molecule has 0 fully saturated rings. The van der Waals surface area contributed by atoms with E-state index in [1.54, 1.807) is 34.5 Å². The van der Waals surface area contributed by atoms with Gasteiger partial charge >= 0.3 is 0 Å². The van der Waals surface area contributed by atoms with Gasteiger partial charge in [-0.25, -0.2) is 8.78 Å². The molecule has 0 bridgehead atoms. The SMILES string of the molecule is COc1ccc(-c2coc3c(C)c(OC)c(/C(C)=C/C(=O)Nc4ccc(F)c(F)c4)cc23)cc1OC. The fourth-order valence-corrected chi connectivity index (χ4v) is 4.13. The van der Waals surface area contributed by atoms with Gasteiger partial charge in [0.25, 0.3) is 0 Å². The summed E-state index contributed by atoms with van der Waals surface area (Å²) in [6, 6.07) is 10.6. The molecule has 0 unspecified atom stereocenters. The lowest BCUT2D eigenvalue weighted by Crippen LogP contribution is -2.09. The Hall–Kier alpha value is -4.33. The number of furan rings is 1. The lowest BCUT2D eigenvalue weighted by molar-refractivity contribution is -0.111. The van der Waals surface area contributed by atoms with Gasteiger partial charge in [0.15, 0.2) is 23.1 Å². The fraction of sp³-hybridized carbons (Fsp3) is 0.179. The van der Waals surface area contributed by atoms with Crippen LogP contribution < -0.4 is 19.5 Å². The Labute approximate surface area is 207 Å². The van der Waals surface area contributed by atoms with Crippen molar-refractivity contribution in [2.24, 2.45) is 0 Å². The summed E-state index contributed by atoms with van der Waals surface area (Å²) in [5, 5.41) is 3.37. The first-order valence-electron chi connectivity index (χ1n) is 11.0. The summed E-state index contributed by atoms with van der Waals surface area (Å²) >= 11 is 0. The van der Waals surface area contributed by atoms with Crippen LogP contribution in [0.1, 0.15) is 18.1 Å². The Bertz CT molecular complexity index is 1490. The smallest absolute Gasteiger partial charge is 0.248 e. The molecule has 1 heterocycles. The number of ether oxygens (including phenoxy) is 3. The molecule has 6 nitrogen and oxygen atoms in total. The van der Waals surface area contributed by atoms with Crippen LogP contribution in [0.4, 0.5) is 14.5 Å². The monoisotopic (exact) mass is 493 g/mol. The minimum atomic E-state index is -1.04. The molecule has 36 heavy (non-hydrogen) atoms. The third kappa shape index (κ3) is 4.62. The van der Waals surface area contributed by atoms with Crippen molar-refractivity contribution in [2.75, 3.05) is 26.6 Å². The van der Waals surface area contributed by atoms with Crippen molar-refractivity contribution in [3.8, 4) is 28.4 Å². The van der Waals surface area contributed by atoms with Gasteiger partial charge in [0.05, 0.1) is 27.6 Å². The average Bonchev–Trinajstić information content (AvgIpc) is 3.30. The van der Waals surface area contributed by atoms with E-state index in [4.69, 9.17) is 18.6 Å². The Balaban J connectivity index is 1.76. The molecule has 0 aliphatic rings. The number of carbonyl (C=O) groups is 1. The van der Waals surface area contributed by atoms with E-state index in [1.165, 1.54) is 12.1 Å². The average molecular weight is 494 g/mol. The Morgan fingerprint density at radius 1 is 0.944 bits per heavy atom. The second-order valence-corrected chi connectivity index (χ2v) is 8.12. The summed E-state index contributed by atoms with van der Waals surface area (Å²) in [5.41, 5.74) is 4.55. The van der Waals surface area contributed by atoms with Gasteiger partial charge in [-0.05, 0) is 55.3 Å². The predicted octanol–water partition coefficient (Wildman–Crippen LogP) is 6.75. The maximum Gasteiger partial charge on any atom is 0.248 e. The molecule has 186 valence electrons. The largest absolute Gasteiger partial charge is 0.496 e. The summed E-state index contributed by atoms with van der Waals surface area (Å²) in [6.07, 6.45) is 3.04. The fourth-order valence-electron chi connectivity index (χ4n) is 4.13. The van der Waals surface area contributed by atoms with Gasteiger partial charge in [-0.3, -0.25) is 4.79 Å². The highest BCUT2D eigenvalue weighted by molar-refractivity contribution is 6.06. The van der Waals surface area contributed by atoms with E-state index in [9.17, 15) is 13.6 Å². The van der Waals surface area contributed by atoms with Gasteiger partial charge in [0.1, 0.15) is 11.3 Å². The second-order valence-electron chi connectivity index (χ2n) is 8.12. The summed E-state index contributed by atoms with van der Waals surface area (Å²) in [4.78, 5) is 12.6. The maximum atomic E-state index is 13.5. The van der Waals surface area contributed by atoms with E-state index < -0.39 is 17.5 Å². The highest BCUT2D eigenvalue weighted by Crippen LogP contribution is 2.42. The maximum absolute atomic E-state index is 13.5. The van der Waals surface area contributed by atoms with Crippen LogP contribution in [0.25, 0.3) is 27.7 Å². The normalized spacial score (nSPS) is 11.5. The molecule has 1 N–H and O–H groups in total. The third-order valence-electron chi connectivity index (χ3n) is 5.90. The molecule has 0 radical (unpaired) electrons. The minimum absolute atomic E-state index is 0.145. The third-order valence-corrected chi connectivity index (χ3v) is 5.90. The number of hydrogen-bond acceptors (Lipinski definition) is 5.